The monoisotopic (exact) mass is 497 g/mol. The molecule has 3 N–H and O–H groups in total. The summed E-state index contributed by atoms with van der Waals surface area (Å²) in [5.74, 6) is 0.856. The fourth-order valence-corrected chi connectivity index (χ4v) is 3.36. The van der Waals surface area contributed by atoms with E-state index < -0.39 is 0 Å². The van der Waals surface area contributed by atoms with Crippen LogP contribution in [-0.4, -0.2) is 43.8 Å². The van der Waals surface area contributed by atoms with Gasteiger partial charge in [0.15, 0.2) is 0 Å². The first-order valence-electron chi connectivity index (χ1n) is 9.41. The van der Waals surface area contributed by atoms with E-state index in [1.807, 2.05) is 55.5 Å². The molecule has 2 rings (SSSR count). The molecule has 0 aliphatic carbocycles. The van der Waals surface area contributed by atoms with Crippen LogP contribution in [0.15, 0.2) is 48.5 Å². The lowest BCUT2D eigenvalue weighted by atomic mass is 10.2. The zero-order chi connectivity index (χ0) is 20.2. The number of carbonyl (C=O) groups is 1. The zero-order valence-electron chi connectivity index (χ0n) is 16.2. The van der Waals surface area contributed by atoms with Gasteiger partial charge >= 0.3 is 6.09 Å². The van der Waals surface area contributed by atoms with Gasteiger partial charge in [-0.15, -0.1) is 0 Å². The van der Waals surface area contributed by atoms with Crippen molar-refractivity contribution in [1.82, 2.24) is 10.2 Å². The van der Waals surface area contributed by atoms with Crippen LogP contribution >= 0.6 is 22.6 Å². The van der Waals surface area contributed by atoms with Crippen molar-refractivity contribution in [2.45, 2.75) is 20.1 Å². The number of hydrogen-bond donors (Lipinski definition) is 2. The maximum atomic E-state index is 12.7. The van der Waals surface area contributed by atoms with Gasteiger partial charge in [-0.05, 0) is 52.8 Å². The zero-order valence-corrected chi connectivity index (χ0v) is 18.4. The third-order valence-electron chi connectivity index (χ3n) is 4.01. The van der Waals surface area contributed by atoms with Crippen molar-refractivity contribution in [3.8, 4) is 5.75 Å². The minimum Gasteiger partial charge on any atom is -0.493 e. The third-order valence-corrected chi connectivity index (χ3v) is 4.86. The molecule has 0 bridgehead atoms. The maximum absolute atomic E-state index is 12.7. The SMILES string of the molecule is CCOc1ccc(CN(CCNCCN)C(=O)OCc2ccccc2)cc1I. The van der Waals surface area contributed by atoms with Crippen molar-refractivity contribution < 1.29 is 14.3 Å². The Morgan fingerprint density at radius 1 is 1.14 bits per heavy atom. The summed E-state index contributed by atoms with van der Waals surface area (Å²) in [5.41, 5.74) is 7.51. The summed E-state index contributed by atoms with van der Waals surface area (Å²) >= 11 is 2.25. The van der Waals surface area contributed by atoms with E-state index >= 15 is 0 Å². The Kier molecular flexibility index (Phi) is 10.1. The Morgan fingerprint density at radius 2 is 1.93 bits per heavy atom. The predicted molar refractivity (Wildman–Crippen MR) is 119 cm³/mol. The average molecular weight is 497 g/mol. The van der Waals surface area contributed by atoms with E-state index in [0.717, 1.165) is 20.4 Å². The van der Waals surface area contributed by atoms with Gasteiger partial charge in [0.2, 0.25) is 0 Å². The number of ether oxygens (including phenoxy) is 2. The lowest BCUT2D eigenvalue weighted by Gasteiger charge is -2.23. The summed E-state index contributed by atoms with van der Waals surface area (Å²) in [6.07, 6.45) is -0.331. The number of carbonyl (C=O) groups excluding carboxylic acids is 1. The van der Waals surface area contributed by atoms with Gasteiger partial charge in [-0.3, -0.25) is 0 Å². The highest BCUT2D eigenvalue weighted by Crippen LogP contribution is 2.23. The molecule has 0 saturated heterocycles. The fraction of sp³-hybridized carbons (Fsp3) is 0.381. The first-order valence-corrected chi connectivity index (χ1v) is 10.5. The molecule has 0 unspecified atom stereocenters. The lowest BCUT2D eigenvalue weighted by molar-refractivity contribution is 0.0939. The number of nitrogens with zero attached hydrogens (tertiary/aromatic N) is 1. The van der Waals surface area contributed by atoms with Crippen molar-refractivity contribution in [3.05, 3.63) is 63.2 Å². The Morgan fingerprint density at radius 3 is 2.61 bits per heavy atom. The van der Waals surface area contributed by atoms with E-state index in [2.05, 4.69) is 27.9 Å². The summed E-state index contributed by atoms with van der Waals surface area (Å²) in [7, 11) is 0. The second-order valence-electron chi connectivity index (χ2n) is 6.20. The standard InChI is InChI=1S/C21H28IN3O3/c1-2-27-20-9-8-18(14-19(20)22)15-25(13-12-24-11-10-23)21(26)28-16-17-6-4-3-5-7-17/h3-9,14,24H,2,10-13,15-16,23H2,1H3. The van der Waals surface area contributed by atoms with Crippen molar-refractivity contribution in [2.75, 3.05) is 32.8 Å². The van der Waals surface area contributed by atoms with Crippen LogP contribution in [0.5, 0.6) is 5.75 Å². The smallest absolute Gasteiger partial charge is 0.410 e. The van der Waals surface area contributed by atoms with Crippen LogP contribution in [-0.2, 0) is 17.9 Å². The third kappa shape index (κ3) is 7.65. The molecule has 152 valence electrons. The molecule has 0 saturated carbocycles. The molecule has 6 nitrogen and oxygen atoms in total. The van der Waals surface area contributed by atoms with E-state index in [-0.39, 0.29) is 12.7 Å². The molecule has 0 aliphatic rings. The van der Waals surface area contributed by atoms with Gasteiger partial charge in [-0.1, -0.05) is 36.4 Å². The number of nitrogens with one attached hydrogen (secondary N) is 1. The molecule has 0 spiro atoms. The van der Waals surface area contributed by atoms with Gasteiger partial charge in [-0.25, -0.2) is 4.79 Å². The summed E-state index contributed by atoms with van der Waals surface area (Å²) < 4.78 is 12.1. The van der Waals surface area contributed by atoms with E-state index in [1.165, 1.54) is 0 Å². The van der Waals surface area contributed by atoms with Gasteiger partial charge in [0, 0.05) is 32.7 Å². The van der Waals surface area contributed by atoms with Crippen LogP contribution in [0.25, 0.3) is 0 Å². The van der Waals surface area contributed by atoms with Gasteiger partial charge < -0.3 is 25.4 Å². The number of amides is 1. The van der Waals surface area contributed by atoms with Crippen LogP contribution in [0.4, 0.5) is 4.79 Å². The first kappa shape index (κ1) is 22.4. The highest BCUT2D eigenvalue weighted by Gasteiger charge is 2.16. The Labute approximate surface area is 180 Å². The van der Waals surface area contributed by atoms with Gasteiger partial charge in [0.1, 0.15) is 12.4 Å². The predicted octanol–water partition coefficient (Wildman–Crippen LogP) is 3.38. The van der Waals surface area contributed by atoms with E-state index in [9.17, 15) is 4.79 Å². The Hall–Kier alpha value is -1.84. The Balaban J connectivity index is 2.01. The normalized spacial score (nSPS) is 10.5. The first-order chi connectivity index (χ1) is 13.6. The van der Waals surface area contributed by atoms with E-state index in [4.69, 9.17) is 15.2 Å². The summed E-state index contributed by atoms with van der Waals surface area (Å²) in [5, 5.41) is 3.22. The number of rotatable bonds is 11. The second kappa shape index (κ2) is 12.6. The largest absolute Gasteiger partial charge is 0.493 e. The topological polar surface area (TPSA) is 76.8 Å². The minimum atomic E-state index is -0.331. The van der Waals surface area contributed by atoms with Gasteiger partial charge in [0.05, 0.1) is 10.2 Å². The summed E-state index contributed by atoms with van der Waals surface area (Å²) in [6.45, 7) is 5.79. The molecule has 0 aromatic heterocycles. The van der Waals surface area contributed by atoms with Crippen LogP contribution in [0, 0.1) is 3.57 Å². The lowest BCUT2D eigenvalue weighted by Crippen LogP contribution is -2.38. The molecule has 0 heterocycles. The molecule has 2 aromatic carbocycles. The maximum Gasteiger partial charge on any atom is 0.410 e. The molecule has 0 atom stereocenters. The molecule has 28 heavy (non-hydrogen) atoms. The number of benzene rings is 2. The van der Waals surface area contributed by atoms with Gasteiger partial charge in [0.25, 0.3) is 0 Å². The van der Waals surface area contributed by atoms with Crippen LogP contribution < -0.4 is 15.8 Å². The van der Waals surface area contributed by atoms with Crippen molar-refractivity contribution in [3.63, 3.8) is 0 Å². The van der Waals surface area contributed by atoms with Gasteiger partial charge in [-0.2, -0.15) is 0 Å². The molecule has 0 fully saturated rings. The second-order valence-corrected chi connectivity index (χ2v) is 7.36. The molecule has 0 radical (unpaired) electrons. The van der Waals surface area contributed by atoms with Crippen molar-refractivity contribution >= 4 is 28.7 Å². The van der Waals surface area contributed by atoms with Crippen LogP contribution in [0.2, 0.25) is 0 Å². The number of nitrogens with two attached hydrogens (primary N) is 1. The molecule has 0 aliphatic heterocycles. The summed E-state index contributed by atoms with van der Waals surface area (Å²) in [4.78, 5) is 14.4. The number of halogens is 1. The summed E-state index contributed by atoms with van der Waals surface area (Å²) in [6, 6.07) is 15.6. The molecular weight excluding hydrogens is 469 g/mol. The quantitative estimate of drug-likeness (QED) is 0.368. The number of hydrogen-bond acceptors (Lipinski definition) is 5. The molecule has 2 aromatic rings. The Bertz CT molecular complexity index is 728. The molecule has 7 heteroatoms. The fourth-order valence-electron chi connectivity index (χ4n) is 2.62. The van der Waals surface area contributed by atoms with E-state index in [0.29, 0.717) is 39.3 Å². The average Bonchev–Trinajstić information content (AvgIpc) is 2.71. The van der Waals surface area contributed by atoms with Crippen LogP contribution in [0.1, 0.15) is 18.1 Å². The van der Waals surface area contributed by atoms with Crippen molar-refractivity contribution in [1.29, 1.82) is 0 Å². The van der Waals surface area contributed by atoms with E-state index in [1.54, 1.807) is 4.90 Å². The van der Waals surface area contributed by atoms with Crippen LogP contribution in [0.3, 0.4) is 0 Å². The molecule has 1 amide bonds. The highest BCUT2D eigenvalue weighted by molar-refractivity contribution is 14.1. The highest BCUT2D eigenvalue weighted by atomic mass is 127. The molecular formula is C21H28IN3O3. The minimum absolute atomic E-state index is 0.257. The van der Waals surface area contributed by atoms with Crippen molar-refractivity contribution in [2.24, 2.45) is 5.73 Å².